The summed E-state index contributed by atoms with van der Waals surface area (Å²) in [6.07, 6.45) is 3.18. The van der Waals surface area contributed by atoms with E-state index in [0.717, 1.165) is 11.1 Å². The number of hydrogen-bond acceptors (Lipinski definition) is 4. The third-order valence-electron chi connectivity index (χ3n) is 5.17. The minimum absolute atomic E-state index is 0.0716. The molecule has 0 bridgehead atoms. The molecule has 4 amide bonds. The summed E-state index contributed by atoms with van der Waals surface area (Å²) < 4.78 is 0. The van der Waals surface area contributed by atoms with Crippen molar-refractivity contribution in [3.8, 4) is 0 Å². The molecule has 144 valence electrons. The molecule has 0 aromatic heterocycles. The molecule has 0 saturated carbocycles. The van der Waals surface area contributed by atoms with Gasteiger partial charge in [-0.1, -0.05) is 60.7 Å². The van der Waals surface area contributed by atoms with Crippen LogP contribution in [0.15, 0.2) is 71.8 Å². The van der Waals surface area contributed by atoms with Crippen molar-refractivity contribution in [3.63, 3.8) is 0 Å². The first-order valence-corrected chi connectivity index (χ1v) is 9.21. The molecular formula is C23H18N2O4. The van der Waals surface area contributed by atoms with E-state index in [2.05, 4.69) is 10.6 Å². The lowest BCUT2D eigenvalue weighted by atomic mass is 9.70. The number of rotatable bonds is 2. The minimum atomic E-state index is -1.54. The molecule has 2 aliphatic heterocycles. The van der Waals surface area contributed by atoms with Crippen LogP contribution in [0.4, 0.5) is 0 Å². The van der Waals surface area contributed by atoms with E-state index in [0.29, 0.717) is 11.1 Å². The summed E-state index contributed by atoms with van der Waals surface area (Å²) in [7, 11) is 0. The summed E-state index contributed by atoms with van der Waals surface area (Å²) in [5, 5.41) is 4.59. The maximum absolute atomic E-state index is 12.7. The van der Waals surface area contributed by atoms with Crippen LogP contribution in [0.3, 0.4) is 0 Å². The van der Waals surface area contributed by atoms with Crippen LogP contribution in [0.2, 0.25) is 0 Å². The third kappa shape index (κ3) is 3.52. The molecular weight excluding hydrogens is 368 g/mol. The normalized spacial score (nSPS) is 21.4. The molecule has 2 saturated heterocycles. The van der Waals surface area contributed by atoms with Gasteiger partial charge in [-0.3, -0.25) is 29.8 Å². The quantitative estimate of drug-likeness (QED) is 0.470. The SMILES string of the molecule is O=C1NC(=O)C2(C/C1=C\c1ccccc1)C/C(=C\c1ccccc1)C(=O)NC2=O. The fourth-order valence-corrected chi connectivity index (χ4v) is 3.64. The minimum Gasteiger partial charge on any atom is -0.292 e. The van der Waals surface area contributed by atoms with Gasteiger partial charge in [0.05, 0.1) is 0 Å². The van der Waals surface area contributed by atoms with E-state index >= 15 is 0 Å². The zero-order valence-corrected chi connectivity index (χ0v) is 15.5. The third-order valence-corrected chi connectivity index (χ3v) is 5.17. The fourth-order valence-electron chi connectivity index (χ4n) is 3.64. The number of carbonyl (C=O) groups excluding carboxylic acids is 4. The Labute approximate surface area is 167 Å². The lowest BCUT2D eigenvalue weighted by Crippen LogP contribution is -2.61. The molecule has 6 nitrogen and oxygen atoms in total. The first-order chi connectivity index (χ1) is 14.0. The average Bonchev–Trinajstić information content (AvgIpc) is 2.71. The topological polar surface area (TPSA) is 92.3 Å². The summed E-state index contributed by atoms with van der Waals surface area (Å²) in [5.74, 6) is -2.42. The number of carbonyl (C=O) groups is 4. The van der Waals surface area contributed by atoms with Gasteiger partial charge in [0.15, 0.2) is 0 Å². The number of hydrogen-bond donors (Lipinski definition) is 2. The van der Waals surface area contributed by atoms with Crippen LogP contribution in [-0.4, -0.2) is 23.6 Å². The molecule has 0 unspecified atom stereocenters. The van der Waals surface area contributed by atoms with Gasteiger partial charge < -0.3 is 0 Å². The largest absolute Gasteiger partial charge is 0.292 e. The predicted octanol–water partition coefficient (Wildman–Crippen LogP) is 2.23. The van der Waals surface area contributed by atoms with Crippen LogP contribution < -0.4 is 10.6 Å². The molecule has 6 heteroatoms. The number of piperidine rings is 2. The zero-order valence-electron chi connectivity index (χ0n) is 15.5. The Kier molecular flexibility index (Phi) is 4.68. The Morgan fingerprint density at radius 2 is 1.00 bits per heavy atom. The molecule has 4 rings (SSSR count). The van der Waals surface area contributed by atoms with Crippen LogP contribution in [0.25, 0.3) is 12.2 Å². The predicted molar refractivity (Wildman–Crippen MR) is 107 cm³/mol. The van der Waals surface area contributed by atoms with Gasteiger partial charge in [-0.15, -0.1) is 0 Å². The van der Waals surface area contributed by atoms with Gasteiger partial charge >= 0.3 is 0 Å². The smallest absolute Gasteiger partial charge is 0.253 e. The van der Waals surface area contributed by atoms with Crippen LogP contribution >= 0.6 is 0 Å². The van der Waals surface area contributed by atoms with E-state index in [1.807, 2.05) is 60.7 Å². The van der Waals surface area contributed by atoms with Gasteiger partial charge in [-0.2, -0.15) is 0 Å². The lowest BCUT2D eigenvalue weighted by molar-refractivity contribution is -0.150. The van der Waals surface area contributed by atoms with E-state index in [9.17, 15) is 19.2 Å². The summed E-state index contributed by atoms with van der Waals surface area (Å²) in [5.41, 5.74) is 0.672. The van der Waals surface area contributed by atoms with Crippen LogP contribution in [0.1, 0.15) is 24.0 Å². The Morgan fingerprint density at radius 1 is 0.621 bits per heavy atom. The van der Waals surface area contributed by atoms with E-state index in [1.165, 1.54) is 0 Å². The Balaban J connectivity index is 1.72. The molecule has 0 atom stereocenters. The van der Waals surface area contributed by atoms with Crippen molar-refractivity contribution in [2.24, 2.45) is 5.41 Å². The Hall–Kier alpha value is -3.80. The second-order valence-electron chi connectivity index (χ2n) is 7.16. The number of benzene rings is 2. The lowest BCUT2D eigenvalue weighted by Gasteiger charge is -2.38. The van der Waals surface area contributed by atoms with Gasteiger partial charge in [0.1, 0.15) is 5.41 Å². The highest BCUT2D eigenvalue weighted by molar-refractivity contribution is 6.24. The molecule has 2 aliphatic rings. The average molecular weight is 386 g/mol. The monoisotopic (exact) mass is 386 g/mol. The van der Waals surface area contributed by atoms with Gasteiger partial charge in [0.25, 0.3) is 11.8 Å². The highest BCUT2D eigenvalue weighted by atomic mass is 16.2. The maximum atomic E-state index is 12.7. The number of amides is 4. The second kappa shape index (κ2) is 7.31. The molecule has 2 aromatic carbocycles. The Morgan fingerprint density at radius 3 is 1.38 bits per heavy atom. The van der Waals surface area contributed by atoms with Crippen LogP contribution in [0.5, 0.6) is 0 Å². The zero-order chi connectivity index (χ0) is 20.4. The fraction of sp³-hybridized carbons (Fsp3) is 0.130. The first kappa shape index (κ1) is 18.6. The molecule has 29 heavy (non-hydrogen) atoms. The van der Waals surface area contributed by atoms with E-state index in [4.69, 9.17) is 0 Å². The molecule has 2 heterocycles. The van der Waals surface area contributed by atoms with E-state index in [1.54, 1.807) is 12.2 Å². The van der Waals surface area contributed by atoms with E-state index < -0.39 is 29.0 Å². The molecule has 2 aromatic rings. The van der Waals surface area contributed by atoms with Crippen molar-refractivity contribution < 1.29 is 19.2 Å². The summed E-state index contributed by atoms with van der Waals surface area (Å²) in [6, 6.07) is 18.4. The van der Waals surface area contributed by atoms with Gasteiger partial charge in [0.2, 0.25) is 11.8 Å². The van der Waals surface area contributed by atoms with Gasteiger partial charge in [0, 0.05) is 24.0 Å². The summed E-state index contributed by atoms with van der Waals surface area (Å²) in [6.45, 7) is 0. The van der Waals surface area contributed by atoms with Gasteiger partial charge in [-0.25, -0.2) is 0 Å². The maximum Gasteiger partial charge on any atom is 0.253 e. The number of nitrogens with one attached hydrogen (secondary N) is 2. The highest BCUT2D eigenvalue weighted by Gasteiger charge is 2.54. The van der Waals surface area contributed by atoms with Crippen LogP contribution in [-0.2, 0) is 19.2 Å². The Bertz CT molecular complexity index is 981. The van der Waals surface area contributed by atoms with Crippen molar-refractivity contribution in [2.45, 2.75) is 12.8 Å². The summed E-state index contributed by atoms with van der Waals surface area (Å²) >= 11 is 0. The van der Waals surface area contributed by atoms with Crippen molar-refractivity contribution in [1.82, 2.24) is 10.6 Å². The highest BCUT2D eigenvalue weighted by Crippen LogP contribution is 2.40. The van der Waals surface area contributed by atoms with Crippen molar-refractivity contribution in [1.29, 1.82) is 0 Å². The second-order valence-corrected chi connectivity index (χ2v) is 7.16. The molecule has 0 aliphatic carbocycles. The molecule has 2 fully saturated rings. The summed E-state index contributed by atoms with van der Waals surface area (Å²) in [4.78, 5) is 50.2. The van der Waals surface area contributed by atoms with Crippen molar-refractivity contribution >= 4 is 35.8 Å². The van der Waals surface area contributed by atoms with Crippen molar-refractivity contribution in [3.05, 3.63) is 82.9 Å². The molecule has 2 N–H and O–H groups in total. The van der Waals surface area contributed by atoms with Crippen LogP contribution in [0, 0.1) is 5.41 Å². The van der Waals surface area contributed by atoms with Gasteiger partial charge in [-0.05, 0) is 23.3 Å². The van der Waals surface area contributed by atoms with Crippen molar-refractivity contribution in [2.75, 3.05) is 0 Å². The standard InChI is InChI=1S/C23H18N2O4/c26-19-17(11-15-7-3-1-4-8-15)13-23(21(28)24-19)14-18(20(27)25-22(23)29)12-16-9-5-2-6-10-16/h1-12H,13-14H2,(H,24,26,28)(H,25,27,29)/b17-11+,18-12+. The molecule has 0 radical (unpaired) electrons. The van der Waals surface area contributed by atoms with E-state index in [-0.39, 0.29) is 12.8 Å². The number of imide groups is 2. The first-order valence-electron chi connectivity index (χ1n) is 9.21. The molecule has 1 spiro atoms.